The number of nitrogens with one attached hydrogen (secondary N) is 1. The van der Waals surface area contributed by atoms with E-state index in [1.807, 2.05) is 51.1 Å². The Morgan fingerprint density at radius 1 is 1.07 bits per heavy atom. The molecule has 5 nitrogen and oxygen atoms in total. The first-order valence-electron chi connectivity index (χ1n) is 8.95. The third-order valence-corrected chi connectivity index (χ3v) is 5.30. The summed E-state index contributed by atoms with van der Waals surface area (Å²) in [4.78, 5) is 16.9. The van der Waals surface area contributed by atoms with Crippen molar-refractivity contribution in [3.05, 3.63) is 76.7 Å². The van der Waals surface area contributed by atoms with Crippen molar-refractivity contribution in [1.29, 1.82) is 0 Å². The van der Waals surface area contributed by atoms with Crippen molar-refractivity contribution in [1.82, 2.24) is 4.98 Å². The molecule has 28 heavy (non-hydrogen) atoms. The summed E-state index contributed by atoms with van der Waals surface area (Å²) in [6, 6.07) is 15.5. The summed E-state index contributed by atoms with van der Waals surface area (Å²) in [6.45, 7) is 6.31. The molecule has 2 aromatic heterocycles. The van der Waals surface area contributed by atoms with Crippen LogP contribution in [0.2, 0.25) is 0 Å². The summed E-state index contributed by atoms with van der Waals surface area (Å²) < 4.78 is 12.5. The van der Waals surface area contributed by atoms with Crippen LogP contribution in [0.25, 0.3) is 10.2 Å². The van der Waals surface area contributed by atoms with E-state index in [4.69, 9.17) is 9.15 Å². The zero-order valence-electron chi connectivity index (χ0n) is 15.9. The van der Waals surface area contributed by atoms with Gasteiger partial charge in [0.05, 0.1) is 10.2 Å². The Morgan fingerprint density at radius 2 is 1.86 bits per heavy atom. The normalized spacial score (nSPS) is 11.0. The number of furan rings is 1. The fourth-order valence-electron chi connectivity index (χ4n) is 2.83. The number of nitrogens with zero attached hydrogens (tertiary/aromatic N) is 1. The van der Waals surface area contributed by atoms with Crippen LogP contribution in [0.5, 0.6) is 5.75 Å². The number of hydrogen-bond donors (Lipinski definition) is 1. The zero-order valence-corrected chi connectivity index (χ0v) is 16.7. The van der Waals surface area contributed by atoms with E-state index in [0.717, 1.165) is 32.7 Å². The van der Waals surface area contributed by atoms with Gasteiger partial charge in [-0.15, -0.1) is 0 Å². The summed E-state index contributed by atoms with van der Waals surface area (Å²) in [5.74, 6) is 1.31. The van der Waals surface area contributed by atoms with Crippen LogP contribution in [-0.2, 0) is 6.61 Å². The highest BCUT2D eigenvalue weighted by Crippen LogP contribution is 2.27. The molecule has 6 heteroatoms. The molecule has 0 saturated heterocycles. The zero-order chi connectivity index (χ0) is 19.7. The second-order valence-electron chi connectivity index (χ2n) is 6.77. The van der Waals surface area contributed by atoms with Crippen molar-refractivity contribution >= 4 is 32.6 Å². The highest BCUT2D eigenvalue weighted by molar-refractivity contribution is 7.22. The van der Waals surface area contributed by atoms with Gasteiger partial charge in [-0.1, -0.05) is 29.5 Å². The number of amides is 1. The molecule has 0 aliphatic heterocycles. The van der Waals surface area contributed by atoms with E-state index in [1.165, 1.54) is 11.3 Å². The maximum atomic E-state index is 12.5. The Bertz CT molecular complexity index is 1160. The average molecular weight is 392 g/mol. The number of rotatable bonds is 5. The van der Waals surface area contributed by atoms with Crippen LogP contribution in [0.1, 0.15) is 33.0 Å². The number of carbonyl (C=O) groups excluding carboxylic acids is 1. The molecule has 1 N–H and O–H groups in total. The quantitative estimate of drug-likeness (QED) is 0.477. The standard InChI is InChI=1S/C22H20N2O3S/c1-13-4-6-15(3)19(10-13)26-12-16-7-9-18(27-16)21(25)24-22-23-17-8-5-14(2)11-20(17)28-22/h4-11H,12H2,1-3H3,(H,23,24,25). The monoisotopic (exact) mass is 392 g/mol. The number of benzene rings is 2. The van der Waals surface area contributed by atoms with Gasteiger partial charge in [-0.25, -0.2) is 4.98 Å². The van der Waals surface area contributed by atoms with E-state index in [2.05, 4.69) is 16.4 Å². The summed E-state index contributed by atoms with van der Waals surface area (Å²) in [6.07, 6.45) is 0. The molecule has 0 aliphatic rings. The molecule has 1 amide bonds. The topological polar surface area (TPSA) is 64.4 Å². The van der Waals surface area contributed by atoms with Crippen molar-refractivity contribution in [2.45, 2.75) is 27.4 Å². The minimum atomic E-state index is -0.325. The van der Waals surface area contributed by atoms with Gasteiger partial charge in [-0.05, 0) is 67.8 Å². The third-order valence-electron chi connectivity index (χ3n) is 4.36. The van der Waals surface area contributed by atoms with Gasteiger partial charge >= 0.3 is 0 Å². The van der Waals surface area contributed by atoms with Gasteiger partial charge in [0, 0.05) is 0 Å². The van der Waals surface area contributed by atoms with Crippen LogP contribution in [0, 0.1) is 20.8 Å². The lowest BCUT2D eigenvalue weighted by atomic mass is 10.1. The minimum absolute atomic E-state index is 0.231. The fourth-order valence-corrected chi connectivity index (χ4v) is 3.79. The molecule has 0 saturated carbocycles. The van der Waals surface area contributed by atoms with Gasteiger partial charge in [-0.3, -0.25) is 10.1 Å². The van der Waals surface area contributed by atoms with E-state index in [9.17, 15) is 4.79 Å². The number of ether oxygens (including phenoxy) is 1. The number of anilines is 1. The van der Waals surface area contributed by atoms with Crippen LogP contribution in [0.4, 0.5) is 5.13 Å². The second kappa shape index (κ2) is 7.48. The summed E-state index contributed by atoms with van der Waals surface area (Å²) in [7, 11) is 0. The number of thiazole rings is 1. The number of aromatic nitrogens is 1. The SMILES string of the molecule is Cc1ccc(C)c(OCc2ccc(C(=O)Nc3nc4ccc(C)cc4s3)o2)c1. The molecule has 0 fully saturated rings. The summed E-state index contributed by atoms with van der Waals surface area (Å²) in [5.41, 5.74) is 4.22. The van der Waals surface area contributed by atoms with Crippen molar-refractivity contribution < 1.29 is 13.9 Å². The van der Waals surface area contributed by atoms with Gasteiger partial charge in [-0.2, -0.15) is 0 Å². The Hall–Kier alpha value is -3.12. The molecular weight excluding hydrogens is 372 g/mol. The third kappa shape index (κ3) is 3.92. The lowest BCUT2D eigenvalue weighted by Gasteiger charge is -2.08. The smallest absolute Gasteiger partial charge is 0.293 e. The number of fused-ring (bicyclic) bond motifs is 1. The van der Waals surface area contributed by atoms with Crippen molar-refractivity contribution in [2.75, 3.05) is 5.32 Å². The van der Waals surface area contributed by atoms with E-state index < -0.39 is 0 Å². The Balaban J connectivity index is 1.42. The van der Waals surface area contributed by atoms with Crippen molar-refractivity contribution in [2.24, 2.45) is 0 Å². The second-order valence-corrected chi connectivity index (χ2v) is 7.80. The van der Waals surface area contributed by atoms with Gasteiger partial charge < -0.3 is 9.15 Å². The van der Waals surface area contributed by atoms with Crippen LogP contribution < -0.4 is 10.1 Å². The molecule has 142 valence electrons. The molecule has 0 atom stereocenters. The highest BCUT2D eigenvalue weighted by Gasteiger charge is 2.14. The number of carbonyl (C=O) groups is 1. The Morgan fingerprint density at radius 3 is 2.71 bits per heavy atom. The molecule has 2 heterocycles. The number of aryl methyl sites for hydroxylation is 3. The first kappa shape index (κ1) is 18.3. The van der Waals surface area contributed by atoms with Gasteiger partial charge in [0.15, 0.2) is 10.9 Å². The van der Waals surface area contributed by atoms with Crippen LogP contribution in [0.15, 0.2) is 52.9 Å². The number of hydrogen-bond acceptors (Lipinski definition) is 5. The molecule has 0 spiro atoms. The van der Waals surface area contributed by atoms with E-state index in [-0.39, 0.29) is 18.3 Å². The largest absolute Gasteiger partial charge is 0.485 e. The fraction of sp³-hybridized carbons (Fsp3) is 0.182. The first-order valence-corrected chi connectivity index (χ1v) is 9.77. The molecule has 4 aromatic rings. The minimum Gasteiger partial charge on any atom is -0.485 e. The Labute approximate surface area is 167 Å². The van der Waals surface area contributed by atoms with Crippen molar-refractivity contribution in [3.63, 3.8) is 0 Å². The van der Waals surface area contributed by atoms with Crippen LogP contribution >= 0.6 is 11.3 Å². The van der Waals surface area contributed by atoms with Gasteiger partial charge in [0.2, 0.25) is 0 Å². The first-order chi connectivity index (χ1) is 13.5. The van der Waals surface area contributed by atoms with E-state index in [0.29, 0.717) is 10.9 Å². The predicted octanol–water partition coefficient (Wildman–Crippen LogP) is 5.65. The van der Waals surface area contributed by atoms with Crippen LogP contribution in [0.3, 0.4) is 0 Å². The van der Waals surface area contributed by atoms with Crippen LogP contribution in [-0.4, -0.2) is 10.9 Å². The molecular formula is C22H20N2O3S. The summed E-state index contributed by atoms with van der Waals surface area (Å²) in [5, 5.41) is 3.36. The molecule has 4 rings (SSSR count). The van der Waals surface area contributed by atoms with E-state index >= 15 is 0 Å². The highest BCUT2D eigenvalue weighted by atomic mass is 32.1. The van der Waals surface area contributed by atoms with E-state index in [1.54, 1.807) is 12.1 Å². The molecule has 0 unspecified atom stereocenters. The van der Waals surface area contributed by atoms with Gasteiger partial charge in [0.25, 0.3) is 5.91 Å². The van der Waals surface area contributed by atoms with Crippen molar-refractivity contribution in [3.8, 4) is 5.75 Å². The molecule has 0 bridgehead atoms. The summed E-state index contributed by atoms with van der Waals surface area (Å²) >= 11 is 1.44. The lowest BCUT2D eigenvalue weighted by molar-refractivity contribution is 0.0992. The maximum absolute atomic E-state index is 12.5. The molecule has 0 aliphatic carbocycles. The molecule has 2 aromatic carbocycles. The maximum Gasteiger partial charge on any atom is 0.293 e. The van der Waals surface area contributed by atoms with Gasteiger partial charge in [0.1, 0.15) is 18.1 Å². The predicted molar refractivity (Wildman–Crippen MR) is 111 cm³/mol. The average Bonchev–Trinajstić information content (AvgIpc) is 3.28. The molecule has 0 radical (unpaired) electrons. The Kier molecular flexibility index (Phi) is 4.88. The lowest BCUT2D eigenvalue weighted by Crippen LogP contribution is -2.10.